The van der Waals surface area contributed by atoms with Crippen LogP contribution in [0.4, 0.5) is 0 Å². The number of carbonyl (C=O) groups excluding carboxylic acids is 2. The highest BCUT2D eigenvalue weighted by Crippen LogP contribution is 2.38. The molecule has 2 aliphatic heterocycles. The van der Waals surface area contributed by atoms with Crippen molar-refractivity contribution < 1.29 is 9.59 Å². The van der Waals surface area contributed by atoms with Crippen LogP contribution in [0.1, 0.15) is 51.9 Å². The lowest BCUT2D eigenvalue weighted by Crippen LogP contribution is -2.23. The van der Waals surface area contributed by atoms with Gasteiger partial charge in [0.15, 0.2) is 11.0 Å². The fraction of sp³-hybridized carbons (Fsp3) is 0.219. The summed E-state index contributed by atoms with van der Waals surface area (Å²) in [5, 5.41) is 1.39. The fourth-order valence-corrected chi connectivity index (χ4v) is 5.78. The number of Topliss-reactive ketones (excluding diaryl/α,β-unsaturated/α-hetero) is 1. The van der Waals surface area contributed by atoms with Crippen LogP contribution >= 0.6 is 23.4 Å². The lowest BCUT2D eigenvalue weighted by molar-refractivity contribution is -0.113. The van der Waals surface area contributed by atoms with E-state index in [0.717, 1.165) is 64.5 Å². The highest BCUT2D eigenvalue weighted by Gasteiger charge is 2.30. The van der Waals surface area contributed by atoms with Crippen molar-refractivity contribution in [2.24, 2.45) is 4.99 Å². The number of hydrogen-bond acceptors (Lipinski definition) is 4. The number of halogens is 1. The van der Waals surface area contributed by atoms with Gasteiger partial charge in [-0.1, -0.05) is 83.4 Å². The van der Waals surface area contributed by atoms with Crippen LogP contribution in [0, 0.1) is 13.8 Å². The van der Waals surface area contributed by atoms with E-state index >= 15 is 0 Å². The minimum atomic E-state index is -0.232. The molecule has 0 N–H and O–H groups in total. The quantitative estimate of drug-likeness (QED) is 0.237. The normalized spacial score (nSPS) is 17.1. The third kappa shape index (κ3) is 6.01. The van der Waals surface area contributed by atoms with Crippen molar-refractivity contribution >= 4 is 51.4 Å². The number of aliphatic imine (C=N–C) groups is 1. The maximum Gasteiger partial charge on any atom is 0.286 e. The van der Waals surface area contributed by atoms with E-state index in [9.17, 15) is 9.59 Å². The fourth-order valence-electron chi connectivity index (χ4n) is 4.61. The Labute approximate surface area is 233 Å². The Balaban J connectivity index is 1.60. The van der Waals surface area contributed by atoms with Crippen molar-refractivity contribution in [3.63, 3.8) is 0 Å². The first-order valence-corrected chi connectivity index (χ1v) is 14.0. The molecule has 4 nitrogen and oxygen atoms in total. The molecular weight excluding hydrogens is 512 g/mol. The maximum atomic E-state index is 13.4. The molecule has 6 heteroatoms. The molecule has 1 fully saturated rings. The third-order valence-electron chi connectivity index (χ3n) is 6.83. The van der Waals surface area contributed by atoms with E-state index in [-0.39, 0.29) is 18.1 Å². The van der Waals surface area contributed by atoms with Crippen molar-refractivity contribution in [1.29, 1.82) is 0 Å². The molecule has 1 saturated heterocycles. The molecule has 38 heavy (non-hydrogen) atoms. The second-order valence-electron chi connectivity index (χ2n) is 9.75. The Morgan fingerprint density at radius 2 is 1.42 bits per heavy atom. The largest absolute Gasteiger partial charge is 0.351 e. The number of amides is 1. The van der Waals surface area contributed by atoms with Gasteiger partial charge in [-0.05, 0) is 73.4 Å². The molecule has 0 saturated carbocycles. The third-order valence-corrected chi connectivity index (χ3v) is 8.21. The van der Waals surface area contributed by atoms with Crippen molar-refractivity contribution in [1.82, 2.24) is 4.90 Å². The smallest absolute Gasteiger partial charge is 0.286 e. The number of carbonyl (C=O) groups is 2. The van der Waals surface area contributed by atoms with E-state index in [2.05, 4.69) is 9.89 Å². The number of allylic oxidation sites excluding steroid dienone is 3. The zero-order valence-corrected chi connectivity index (χ0v) is 23.1. The summed E-state index contributed by atoms with van der Waals surface area (Å²) >= 11 is 7.62. The Kier molecular flexibility index (Phi) is 7.96. The molecule has 0 radical (unpaired) electrons. The van der Waals surface area contributed by atoms with Crippen LogP contribution in [-0.2, 0) is 4.79 Å². The van der Waals surface area contributed by atoms with E-state index in [4.69, 9.17) is 11.6 Å². The highest BCUT2D eigenvalue weighted by molar-refractivity contribution is 8.18. The number of likely N-dealkylation sites (tertiary alicyclic amines) is 1. The average Bonchev–Trinajstić information content (AvgIpc) is 3.58. The SMILES string of the molecule is Cc1ccc(C(=O)CC(=CC(=C2SC(N3CCCC3)=NC2=O)c2ccc(C)cc2)c2ccc(Cl)cc2)cc1. The van der Waals surface area contributed by atoms with Gasteiger partial charge in [0.1, 0.15) is 0 Å². The monoisotopic (exact) mass is 540 g/mol. The van der Waals surface area contributed by atoms with Crippen LogP contribution in [0.2, 0.25) is 5.02 Å². The Morgan fingerprint density at radius 1 is 0.868 bits per heavy atom. The van der Waals surface area contributed by atoms with Gasteiger partial charge in [0, 0.05) is 35.7 Å². The Morgan fingerprint density at radius 3 is 2.03 bits per heavy atom. The van der Waals surface area contributed by atoms with Crippen LogP contribution < -0.4 is 0 Å². The molecule has 0 aromatic heterocycles. The first-order valence-electron chi connectivity index (χ1n) is 12.8. The molecule has 0 spiro atoms. The van der Waals surface area contributed by atoms with Gasteiger partial charge in [-0.2, -0.15) is 4.99 Å². The van der Waals surface area contributed by atoms with Crippen LogP contribution in [0.25, 0.3) is 11.1 Å². The van der Waals surface area contributed by atoms with Gasteiger partial charge in [-0.15, -0.1) is 0 Å². The van der Waals surface area contributed by atoms with Crippen LogP contribution in [0.5, 0.6) is 0 Å². The van der Waals surface area contributed by atoms with Crippen LogP contribution in [0.15, 0.2) is 88.8 Å². The summed E-state index contributed by atoms with van der Waals surface area (Å²) < 4.78 is 0. The molecule has 0 atom stereocenters. The predicted octanol–water partition coefficient (Wildman–Crippen LogP) is 7.75. The summed E-state index contributed by atoms with van der Waals surface area (Å²) in [7, 11) is 0. The number of thioether (sulfide) groups is 1. The predicted molar refractivity (Wildman–Crippen MR) is 158 cm³/mol. The average molecular weight is 541 g/mol. The van der Waals surface area contributed by atoms with Crippen LogP contribution in [0.3, 0.4) is 0 Å². The topological polar surface area (TPSA) is 49.7 Å². The van der Waals surface area contributed by atoms with Gasteiger partial charge in [-0.25, -0.2) is 0 Å². The summed E-state index contributed by atoms with van der Waals surface area (Å²) in [6, 6.07) is 23.2. The molecule has 5 rings (SSSR count). The molecule has 3 aromatic rings. The standard InChI is InChI=1S/C32H29ClN2O2S/c1-21-5-9-24(10-6-21)28(30-31(37)34-32(38-30)35-17-3-4-18-35)19-26(23-13-15-27(33)16-14-23)20-29(36)25-11-7-22(2)8-12-25/h5-16,19H,3-4,17-18,20H2,1-2H3. The molecule has 2 aliphatic rings. The summed E-state index contributed by atoms with van der Waals surface area (Å²) in [4.78, 5) is 33.8. The van der Waals surface area contributed by atoms with Crippen molar-refractivity contribution in [3.05, 3.63) is 117 Å². The number of hydrogen-bond donors (Lipinski definition) is 0. The molecule has 3 aromatic carbocycles. The van der Waals surface area contributed by atoms with Crippen molar-refractivity contribution in [2.45, 2.75) is 33.1 Å². The summed E-state index contributed by atoms with van der Waals surface area (Å²) in [5.41, 5.74) is 6.29. The van der Waals surface area contributed by atoms with E-state index in [0.29, 0.717) is 15.5 Å². The molecule has 0 aliphatic carbocycles. The second kappa shape index (κ2) is 11.5. The summed E-state index contributed by atoms with van der Waals surface area (Å²) in [6.07, 6.45) is 4.40. The molecule has 192 valence electrons. The molecule has 2 heterocycles. The zero-order valence-electron chi connectivity index (χ0n) is 21.5. The van der Waals surface area contributed by atoms with E-state index in [1.54, 1.807) is 0 Å². The lowest BCUT2D eigenvalue weighted by Gasteiger charge is -2.16. The van der Waals surface area contributed by atoms with E-state index in [1.165, 1.54) is 11.8 Å². The van der Waals surface area contributed by atoms with Gasteiger partial charge in [0.05, 0.1) is 4.91 Å². The van der Waals surface area contributed by atoms with Gasteiger partial charge >= 0.3 is 0 Å². The van der Waals surface area contributed by atoms with Gasteiger partial charge in [0.2, 0.25) is 0 Å². The molecule has 0 bridgehead atoms. The number of ketones is 1. The van der Waals surface area contributed by atoms with Crippen molar-refractivity contribution in [2.75, 3.05) is 13.1 Å². The van der Waals surface area contributed by atoms with E-state index < -0.39 is 0 Å². The van der Waals surface area contributed by atoms with E-state index in [1.807, 2.05) is 92.7 Å². The van der Waals surface area contributed by atoms with Crippen molar-refractivity contribution in [3.8, 4) is 0 Å². The highest BCUT2D eigenvalue weighted by atomic mass is 35.5. The van der Waals surface area contributed by atoms with Gasteiger partial charge in [0.25, 0.3) is 5.91 Å². The number of benzene rings is 3. The summed E-state index contributed by atoms with van der Waals surface area (Å²) in [6.45, 7) is 5.88. The number of aryl methyl sites for hydroxylation is 2. The maximum absolute atomic E-state index is 13.4. The molecule has 1 amide bonds. The number of nitrogens with zero attached hydrogens (tertiary/aromatic N) is 2. The lowest BCUT2D eigenvalue weighted by atomic mass is 9.93. The first-order chi connectivity index (χ1) is 18.4. The minimum Gasteiger partial charge on any atom is -0.351 e. The first kappa shape index (κ1) is 26.2. The Bertz CT molecular complexity index is 1450. The summed E-state index contributed by atoms with van der Waals surface area (Å²) in [5.74, 6) is -0.220. The molecule has 0 unspecified atom stereocenters. The second-order valence-corrected chi connectivity index (χ2v) is 11.2. The minimum absolute atomic E-state index is 0.0128. The van der Waals surface area contributed by atoms with Gasteiger partial charge in [-0.3, -0.25) is 9.59 Å². The zero-order chi connectivity index (χ0) is 26.6. The van der Waals surface area contributed by atoms with Gasteiger partial charge < -0.3 is 4.90 Å². The number of amidine groups is 1. The molecular formula is C32H29ClN2O2S. The Hall–Kier alpha value is -3.41. The van der Waals surface area contributed by atoms with Crippen LogP contribution in [-0.4, -0.2) is 34.8 Å². The number of rotatable bonds is 6.